The Balaban J connectivity index is 2.65. The van der Waals surface area contributed by atoms with Crippen LogP contribution in [0.1, 0.15) is 24.6 Å². The van der Waals surface area contributed by atoms with Crippen LogP contribution in [-0.2, 0) is 11.8 Å². The molecule has 1 aromatic heterocycles. The van der Waals surface area contributed by atoms with Crippen LogP contribution in [0, 0.1) is 0 Å². The second-order valence-electron chi connectivity index (χ2n) is 3.24. The lowest BCUT2D eigenvalue weighted by Gasteiger charge is -2.15. The number of rotatable bonds is 6. The minimum absolute atomic E-state index is 0.0366. The molecule has 0 aliphatic rings. The number of halogens is 1. The van der Waals surface area contributed by atoms with Crippen molar-refractivity contribution in [2.75, 3.05) is 13.7 Å². The van der Waals surface area contributed by atoms with Gasteiger partial charge in [-0.3, -0.25) is 11.3 Å². The zero-order valence-electron chi connectivity index (χ0n) is 8.90. The summed E-state index contributed by atoms with van der Waals surface area (Å²) < 4.78 is 7.43. The first-order valence-electron chi connectivity index (χ1n) is 4.70. The fourth-order valence-corrected chi connectivity index (χ4v) is 2.04. The number of nitrogens with one attached hydrogen (secondary N) is 1. The van der Waals surface area contributed by atoms with Crippen molar-refractivity contribution in [2.24, 2.45) is 12.9 Å². The Hall–Kier alpha value is -0.500. The quantitative estimate of drug-likeness (QED) is 0.450. The van der Waals surface area contributed by atoms with E-state index in [1.165, 1.54) is 0 Å². The normalized spacial score (nSPS) is 13.1. The molecule has 0 spiro atoms. The second-order valence-corrected chi connectivity index (χ2v) is 3.99. The lowest BCUT2D eigenvalue weighted by Crippen LogP contribution is -2.30. The van der Waals surface area contributed by atoms with Gasteiger partial charge in [0.1, 0.15) is 0 Å². The van der Waals surface area contributed by atoms with E-state index in [4.69, 9.17) is 10.6 Å². The molecule has 0 aliphatic carbocycles. The summed E-state index contributed by atoms with van der Waals surface area (Å²) in [5, 5.41) is 7.82. The van der Waals surface area contributed by atoms with Gasteiger partial charge >= 0.3 is 0 Å². The van der Waals surface area contributed by atoms with Crippen molar-refractivity contribution >= 4 is 15.9 Å². The summed E-state index contributed by atoms with van der Waals surface area (Å²) >= 11 is 3.35. The smallest absolute Gasteiger partial charge is 0.153 e. The molecular weight excluding hydrogens is 262 g/mol. The zero-order valence-corrected chi connectivity index (χ0v) is 10.5. The van der Waals surface area contributed by atoms with Crippen molar-refractivity contribution in [2.45, 2.75) is 18.9 Å². The van der Waals surface area contributed by atoms with Gasteiger partial charge in [0, 0.05) is 20.8 Å². The van der Waals surface area contributed by atoms with Crippen LogP contribution in [0.3, 0.4) is 0 Å². The number of hydrogen-bond acceptors (Lipinski definition) is 5. The molecule has 1 heterocycles. The van der Waals surface area contributed by atoms with Crippen molar-refractivity contribution in [1.29, 1.82) is 0 Å². The van der Waals surface area contributed by atoms with Crippen LogP contribution in [0.2, 0.25) is 0 Å². The second kappa shape index (κ2) is 6.16. The molecule has 1 aromatic rings. The lowest BCUT2D eigenvalue weighted by atomic mass is 10.1. The molecule has 0 aromatic carbocycles. The molecule has 3 N–H and O–H groups in total. The molecule has 15 heavy (non-hydrogen) atoms. The van der Waals surface area contributed by atoms with E-state index in [2.05, 4.69) is 31.7 Å². The Morgan fingerprint density at radius 2 is 2.40 bits per heavy atom. The molecule has 0 saturated heterocycles. The zero-order chi connectivity index (χ0) is 11.3. The SMILES string of the molecule is COCCCC(NN)c1c(Br)nnn1C. The number of ether oxygens (including phenoxy) is 1. The molecule has 1 atom stereocenters. The summed E-state index contributed by atoms with van der Waals surface area (Å²) in [5.41, 5.74) is 3.71. The molecule has 0 fully saturated rings. The number of aromatic nitrogens is 3. The fourth-order valence-electron chi connectivity index (χ4n) is 1.44. The molecule has 1 rings (SSSR count). The average Bonchev–Trinajstić information content (AvgIpc) is 2.55. The van der Waals surface area contributed by atoms with Crippen LogP contribution >= 0.6 is 15.9 Å². The predicted molar refractivity (Wildman–Crippen MR) is 59.9 cm³/mol. The van der Waals surface area contributed by atoms with Crippen LogP contribution in [0.15, 0.2) is 4.60 Å². The first-order chi connectivity index (χ1) is 7.20. The molecule has 0 bridgehead atoms. The summed E-state index contributed by atoms with van der Waals surface area (Å²) in [6, 6.07) is 0.0366. The maximum absolute atomic E-state index is 5.50. The van der Waals surface area contributed by atoms with Gasteiger partial charge in [-0.2, -0.15) is 0 Å². The maximum Gasteiger partial charge on any atom is 0.153 e. The molecule has 6 nitrogen and oxygen atoms in total. The van der Waals surface area contributed by atoms with Gasteiger partial charge in [-0.15, -0.1) is 5.10 Å². The first-order valence-corrected chi connectivity index (χ1v) is 5.50. The van der Waals surface area contributed by atoms with Crippen LogP contribution in [0.4, 0.5) is 0 Å². The topological polar surface area (TPSA) is 78.0 Å². The Kier molecular flexibility index (Phi) is 5.16. The van der Waals surface area contributed by atoms with Gasteiger partial charge < -0.3 is 4.74 Å². The highest BCUT2D eigenvalue weighted by molar-refractivity contribution is 9.10. The fraction of sp³-hybridized carbons (Fsp3) is 0.750. The standard InChI is InChI=1S/C8H16BrN5O/c1-14-7(8(9)12-13-14)6(11-10)4-3-5-15-2/h6,11H,3-5,10H2,1-2H3. The van der Waals surface area contributed by atoms with Crippen LogP contribution < -0.4 is 11.3 Å². The number of hydrazine groups is 1. The number of methoxy groups -OCH3 is 1. The van der Waals surface area contributed by atoms with E-state index >= 15 is 0 Å². The van der Waals surface area contributed by atoms with Gasteiger partial charge in [0.2, 0.25) is 0 Å². The molecule has 7 heteroatoms. The van der Waals surface area contributed by atoms with E-state index in [9.17, 15) is 0 Å². The van der Waals surface area contributed by atoms with Gasteiger partial charge in [-0.1, -0.05) is 5.21 Å². The Morgan fingerprint density at radius 1 is 1.67 bits per heavy atom. The predicted octanol–water partition coefficient (Wildman–Crippen LogP) is 0.509. The highest BCUT2D eigenvalue weighted by Gasteiger charge is 2.18. The third kappa shape index (κ3) is 3.23. The van der Waals surface area contributed by atoms with Crippen molar-refractivity contribution < 1.29 is 4.74 Å². The number of nitrogens with two attached hydrogens (primary N) is 1. The molecular formula is C8H16BrN5O. The molecule has 1 unspecified atom stereocenters. The van der Waals surface area contributed by atoms with E-state index in [1.54, 1.807) is 11.8 Å². The third-order valence-corrected chi connectivity index (χ3v) is 2.76. The minimum Gasteiger partial charge on any atom is -0.385 e. The van der Waals surface area contributed by atoms with Crippen LogP contribution in [0.5, 0.6) is 0 Å². The summed E-state index contributed by atoms with van der Waals surface area (Å²) in [7, 11) is 3.53. The highest BCUT2D eigenvalue weighted by atomic mass is 79.9. The molecule has 0 radical (unpaired) electrons. The number of nitrogens with zero attached hydrogens (tertiary/aromatic N) is 3. The summed E-state index contributed by atoms with van der Waals surface area (Å²) in [4.78, 5) is 0. The Morgan fingerprint density at radius 3 is 2.87 bits per heavy atom. The van der Waals surface area contributed by atoms with E-state index < -0.39 is 0 Å². The molecule has 0 saturated carbocycles. The van der Waals surface area contributed by atoms with Gasteiger partial charge in [-0.05, 0) is 28.8 Å². The van der Waals surface area contributed by atoms with Gasteiger partial charge in [0.05, 0.1) is 11.7 Å². The first kappa shape index (κ1) is 12.6. The van der Waals surface area contributed by atoms with E-state index in [0.29, 0.717) is 0 Å². The Labute approximate surface area is 97.3 Å². The van der Waals surface area contributed by atoms with E-state index in [-0.39, 0.29) is 6.04 Å². The van der Waals surface area contributed by atoms with Crippen molar-refractivity contribution in [3.05, 3.63) is 10.3 Å². The average molecular weight is 278 g/mol. The van der Waals surface area contributed by atoms with Gasteiger partial charge in [-0.25, -0.2) is 4.68 Å². The summed E-state index contributed by atoms with van der Waals surface area (Å²) in [6.07, 6.45) is 1.81. The number of aryl methyl sites for hydroxylation is 1. The monoisotopic (exact) mass is 277 g/mol. The summed E-state index contributed by atoms with van der Waals surface area (Å²) in [5.74, 6) is 5.50. The molecule has 0 amide bonds. The summed E-state index contributed by atoms with van der Waals surface area (Å²) in [6.45, 7) is 0.723. The third-order valence-electron chi connectivity index (χ3n) is 2.20. The van der Waals surface area contributed by atoms with E-state index in [0.717, 1.165) is 29.7 Å². The molecule has 0 aliphatic heterocycles. The minimum atomic E-state index is 0.0366. The van der Waals surface area contributed by atoms with Gasteiger partial charge in [0.15, 0.2) is 4.60 Å². The number of hydrogen-bond donors (Lipinski definition) is 2. The maximum atomic E-state index is 5.50. The molecule has 86 valence electrons. The largest absolute Gasteiger partial charge is 0.385 e. The Bertz CT molecular complexity index is 284. The van der Waals surface area contributed by atoms with Crippen molar-refractivity contribution in [1.82, 2.24) is 20.4 Å². The lowest BCUT2D eigenvalue weighted by molar-refractivity contribution is 0.188. The highest BCUT2D eigenvalue weighted by Crippen LogP contribution is 2.23. The van der Waals surface area contributed by atoms with Crippen molar-refractivity contribution in [3.63, 3.8) is 0 Å². The van der Waals surface area contributed by atoms with E-state index in [1.807, 2.05) is 7.05 Å². The van der Waals surface area contributed by atoms with Crippen LogP contribution in [0.25, 0.3) is 0 Å². The van der Waals surface area contributed by atoms with Crippen LogP contribution in [-0.4, -0.2) is 28.7 Å². The van der Waals surface area contributed by atoms with Gasteiger partial charge in [0.25, 0.3) is 0 Å². The van der Waals surface area contributed by atoms with Crippen molar-refractivity contribution in [3.8, 4) is 0 Å².